The Bertz CT molecular complexity index is 901. The standard InChI is InChI=1S/C16H15F2N3O3S/c17-11-2-3-14(13(18)7-11)21-15-4-1-10(8-19-15)16(22)20-12-5-6-25(23,24)9-12/h1-4,7-8,12H,5-6,9H2,(H,19,21)(H,20,22). The SMILES string of the molecule is O=C(NC1CCS(=O)(=O)C1)c1ccc(Nc2ccc(F)cc2F)nc1. The molecule has 1 saturated heterocycles. The maximum atomic E-state index is 13.6. The number of carbonyl (C=O) groups excluding carboxylic acids is 1. The first-order valence-corrected chi connectivity index (χ1v) is 9.34. The number of carbonyl (C=O) groups is 1. The topological polar surface area (TPSA) is 88.2 Å². The smallest absolute Gasteiger partial charge is 0.253 e. The molecule has 0 aliphatic carbocycles. The number of hydrogen-bond acceptors (Lipinski definition) is 5. The number of benzene rings is 1. The van der Waals surface area contributed by atoms with Crippen molar-refractivity contribution < 1.29 is 22.0 Å². The van der Waals surface area contributed by atoms with Gasteiger partial charge < -0.3 is 10.6 Å². The summed E-state index contributed by atoms with van der Waals surface area (Å²) in [5, 5.41) is 5.34. The van der Waals surface area contributed by atoms with Crippen LogP contribution in [0.5, 0.6) is 0 Å². The second kappa shape index (κ2) is 6.75. The Morgan fingerprint density at radius 1 is 1.20 bits per heavy atom. The van der Waals surface area contributed by atoms with Crippen LogP contribution in [0.15, 0.2) is 36.5 Å². The van der Waals surface area contributed by atoms with E-state index in [9.17, 15) is 22.0 Å². The second-order valence-corrected chi connectivity index (χ2v) is 7.98. The van der Waals surface area contributed by atoms with Gasteiger partial charge in [-0.1, -0.05) is 0 Å². The van der Waals surface area contributed by atoms with Crippen molar-refractivity contribution in [2.75, 3.05) is 16.8 Å². The van der Waals surface area contributed by atoms with Crippen molar-refractivity contribution in [3.8, 4) is 0 Å². The lowest BCUT2D eigenvalue weighted by Gasteiger charge is -2.11. The molecule has 3 rings (SSSR count). The zero-order valence-corrected chi connectivity index (χ0v) is 13.8. The lowest BCUT2D eigenvalue weighted by Crippen LogP contribution is -2.35. The molecular formula is C16H15F2N3O3S. The summed E-state index contributed by atoms with van der Waals surface area (Å²) < 4.78 is 49.3. The summed E-state index contributed by atoms with van der Waals surface area (Å²) in [6, 6.07) is 5.66. The van der Waals surface area contributed by atoms with Gasteiger partial charge in [-0.25, -0.2) is 22.2 Å². The first kappa shape index (κ1) is 17.3. The molecule has 0 saturated carbocycles. The average Bonchev–Trinajstić information content (AvgIpc) is 2.89. The molecule has 1 unspecified atom stereocenters. The van der Waals surface area contributed by atoms with Gasteiger partial charge in [-0.05, 0) is 30.7 Å². The Hall–Kier alpha value is -2.55. The van der Waals surface area contributed by atoms with E-state index in [1.165, 1.54) is 24.4 Å². The molecule has 0 radical (unpaired) electrons. The summed E-state index contributed by atoms with van der Waals surface area (Å²) in [6.45, 7) is 0. The largest absolute Gasteiger partial charge is 0.348 e. The number of nitrogens with zero attached hydrogens (tertiary/aromatic N) is 1. The third-order valence-electron chi connectivity index (χ3n) is 3.79. The summed E-state index contributed by atoms with van der Waals surface area (Å²) in [5.41, 5.74) is 0.316. The second-order valence-electron chi connectivity index (χ2n) is 5.75. The highest BCUT2D eigenvalue weighted by Gasteiger charge is 2.29. The van der Waals surface area contributed by atoms with Gasteiger partial charge in [-0.2, -0.15) is 0 Å². The van der Waals surface area contributed by atoms with Crippen molar-refractivity contribution in [1.82, 2.24) is 10.3 Å². The number of nitrogens with one attached hydrogen (secondary N) is 2. The van der Waals surface area contributed by atoms with Crippen LogP contribution >= 0.6 is 0 Å². The van der Waals surface area contributed by atoms with E-state index in [0.717, 1.165) is 12.1 Å². The number of anilines is 2. The normalized spacial score (nSPS) is 18.7. The van der Waals surface area contributed by atoms with Gasteiger partial charge in [0.25, 0.3) is 5.91 Å². The Morgan fingerprint density at radius 2 is 2.00 bits per heavy atom. The van der Waals surface area contributed by atoms with E-state index in [-0.39, 0.29) is 28.6 Å². The Morgan fingerprint density at radius 3 is 2.60 bits per heavy atom. The highest BCUT2D eigenvalue weighted by molar-refractivity contribution is 7.91. The Labute approximate surface area is 143 Å². The predicted octanol–water partition coefficient (Wildman–Crippen LogP) is 2.02. The van der Waals surface area contributed by atoms with Crippen molar-refractivity contribution in [3.63, 3.8) is 0 Å². The van der Waals surface area contributed by atoms with Gasteiger partial charge in [-0.3, -0.25) is 4.79 Å². The molecule has 9 heteroatoms. The molecule has 6 nitrogen and oxygen atoms in total. The molecule has 2 heterocycles. The van der Waals surface area contributed by atoms with Crippen molar-refractivity contribution in [2.24, 2.45) is 0 Å². The van der Waals surface area contributed by atoms with E-state index in [4.69, 9.17) is 0 Å². The van der Waals surface area contributed by atoms with E-state index in [0.29, 0.717) is 6.42 Å². The fourth-order valence-electron chi connectivity index (χ4n) is 2.51. The summed E-state index contributed by atoms with van der Waals surface area (Å²) in [6.07, 6.45) is 1.69. The van der Waals surface area contributed by atoms with Crippen LogP contribution in [0.1, 0.15) is 16.8 Å². The maximum Gasteiger partial charge on any atom is 0.253 e. The molecule has 0 spiro atoms. The molecule has 2 aromatic rings. The molecule has 0 bridgehead atoms. The highest BCUT2D eigenvalue weighted by Crippen LogP contribution is 2.19. The maximum absolute atomic E-state index is 13.6. The van der Waals surface area contributed by atoms with Crippen LogP contribution in [-0.2, 0) is 9.84 Å². The van der Waals surface area contributed by atoms with Crippen LogP contribution in [-0.4, -0.2) is 36.9 Å². The Kier molecular flexibility index (Phi) is 4.67. The van der Waals surface area contributed by atoms with Crippen molar-refractivity contribution in [2.45, 2.75) is 12.5 Å². The van der Waals surface area contributed by atoms with Crippen LogP contribution < -0.4 is 10.6 Å². The van der Waals surface area contributed by atoms with Gasteiger partial charge in [0.15, 0.2) is 9.84 Å². The number of amides is 1. The quantitative estimate of drug-likeness (QED) is 0.863. The van der Waals surface area contributed by atoms with Crippen LogP contribution in [0.4, 0.5) is 20.3 Å². The Balaban J connectivity index is 1.64. The molecule has 1 aromatic carbocycles. The zero-order valence-electron chi connectivity index (χ0n) is 13.0. The summed E-state index contributed by atoms with van der Waals surface area (Å²) >= 11 is 0. The fraction of sp³-hybridized carbons (Fsp3) is 0.250. The molecule has 1 atom stereocenters. The van der Waals surface area contributed by atoms with Gasteiger partial charge >= 0.3 is 0 Å². The minimum absolute atomic E-state index is 0.0577. The minimum Gasteiger partial charge on any atom is -0.348 e. The third kappa shape index (κ3) is 4.30. The summed E-state index contributed by atoms with van der Waals surface area (Å²) in [5.74, 6) is -1.57. The van der Waals surface area contributed by atoms with Gasteiger partial charge in [0.2, 0.25) is 0 Å². The van der Waals surface area contributed by atoms with Crippen LogP contribution in [0.25, 0.3) is 0 Å². The van der Waals surface area contributed by atoms with Crippen LogP contribution in [0, 0.1) is 11.6 Å². The molecule has 1 aliphatic heterocycles. The molecular weight excluding hydrogens is 352 g/mol. The van der Waals surface area contributed by atoms with E-state index >= 15 is 0 Å². The number of sulfone groups is 1. The van der Waals surface area contributed by atoms with Gasteiger partial charge in [0.1, 0.15) is 17.5 Å². The van der Waals surface area contributed by atoms with Crippen molar-refractivity contribution in [1.29, 1.82) is 0 Å². The van der Waals surface area contributed by atoms with E-state index in [2.05, 4.69) is 15.6 Å². The molecule has 25 heavy (non-hydrogen) atoms. The molecule has 2 N–H and O–H groups in total. The highest BCUT2D eigenvalue weighted by atomic mass is 32.2. The van der Waals surface area contributed by atoms with E-state index in [1.54, 1.807) is 0 Å². The van der Waals surface area contributed by atoms with Crippen molar-refractivity contribution >= 4 is 27.2 Å². The van der Waals surface area contributed by atoms with Crippen LogP contribution in [0.2, 0.25) is 0 Å². The lowest BCUT2D eigenvalue weighted by molar-refractivity contribution is 0.0941. The minimum atomic E-state index is -3.07. The first-order valence-electron chi connectivity index (χ1n) is 7.52. The molecule has 1 aromatic heterocycles. The monoisotopic (exact) mass is 367 g/mol. The molecule has 132 valence electrons. The number of halogens is 2. The number of rotatable bonds is 4. The molecule has 1 amide bonds. The van der Waals surface area contributed by atoms with Crippen molar-refractivity contribution in [3.05, 3.63) is 53.7 Å². The number of hydrogen-bond donors (Lipinski definition) is 2. The lowest BCUT2D eigenvalue weighted by atomic mass is 10.2. The first-order chi connectivity index (χ1) is 11.8. The average molecular weight is 367 g/mol. The van der Waals surface area contributed by atoms with Gasteiger partial charge in [0.05, 0.1) is 22.8 Å². The number of pyridine rings is 1. The van der Waals surface area contributed by atoms with Crippen LogP contribution in [0.3, 0.4) is 0 Å². The van der Waals surface area contributed by atoms with E-state index in [1.807, 2.05) is 0 Å². The molecule has 1 aliphatic rings. The predicted molar refractivity (Wildman–Crippen MR) is 88.4 cm³/mol. The fourth-order valence-corrected chi connectivity index (χ4v) is 4.18. The zero-order chi connectivity index (χ0) is 18.0. The molecule has 1 fully saturated rings. The number of aromatic nitrogens is 1. The van der Waals surface area contributed by atoms with Gasteiger partial charge in [0, 0.05) is 18.3 Å². The summed E-state index contributed by atoms with van der Waals surface area (Å²) in [7, 11) is -3.07. The van der Waals surface area contributed by atoms with E-state index < -0.39 is 33.4 Å². The third-order valence-corrected chi connectivity index (χ3v) is 5.56. The summed E-state index contributed by atoms with van der Waals surface area (Å²) in [4.78, 5) is 16.1. The van der Waals surface area contributed by atoms with Gasteiger partial charge in [-0.15, -0.1) is 0 Å².